The molecule has 2 aromatic rings. The van der Waals surface area contributed by atoms with Gasteiger partial charge in [0, 0.05) is 4.70 Å². The molecule has 15 heavy (non-hydrogen) atoms. The van der Waals surface area contributed by atoms with Gasteiger partial charge >= 0.3 is 0 Å². The molecule has 0 saturated carbocycles. The van der Waals surface area contributed by atoms with E-state index < -0.39 is 10.0 Å². The Labute approximate surface area is 91.2 Å². The normalized spacial score (nSPS) is 12.1. The third kappa shape index (κ3) is 1.89. The summed E-state index contributed by atoms with van der Waals surface area (Å²) in [6.07, 6.45) is 0. The lowest BCUT2D eigenvalue weighted by atomic mass is 10.2. The summed E-state index contributed by atoms with van der Waals surface area (Å²) < 4.78 is 23.6. The first-order chi connectivity index (χ1) is 7.03. The maximum Gasteiger partial charge on any atom is 0.271 e. The van der Waals surface area contributed by atoms with Gasteiger partial charge in [-0.3, -0.25) is 0 Å². The molecule has 2 N–H and O–H groups in total. The van der Waals surface area contributed by atoms with Crippen molar-refractivity contribution in [2.24, 2.45) is 0 Å². The van der Waals surface area contributed by atoms with Crippen molar-refractivity contribution in [3.8, 4) is 0 Å². The van der Waals surface area contributed by atoms with Crippen molar-refractivity contribution >= 4 is 31.4 Å². The number of benzene rings is 1. The molecule has 0 saturated heterocycles. The zero-order chi connectivity index (χ0) is 11.1. The van der Waals surface area contributed by atoms with Crippen molar-refractivity contribution < 1.29 is 13.6 Å². The van der Waals surface area contributed by atoms with Crippen molar-refractivity contribution in [2.45, 2.75) is 11.1 Å². The van der Waals surface area contributed by atoms with Crippen LogP contribution < -0.4 is 4.89 Å². The van der Waals surface area contributed by atoms with E-state index in [0.717, 1.165) is 27.0 Å². The quantitative estimate of drug-likeness (QED) is 0.791. The summed E-state index contributed by atoms with van der Waals surface area (Å²) in [5, 5.41) is 9.37. The fraction of sp³-hybridized carbons (Fsp3) is 0.111. The molecular formula is C9H9NO3S2. The van der Waals surface area contributed by atoms with E-state index in [9.17, 15) is 8.42 Å². The van der Waals surface area contributed by atoms with Crippen LogP contribution in [0.15, 0.2) is 28.5 Å². The summed E-state index contributed by atoms with van der Waals surface area (Å²) in [5.74, 6) is 0. The molecule has 1 aromatic carbocycles. The molecule has 80 valence electrons. The van der Waals surface area contributed by atoms with Crippen LogP contribution in [0.25, 0.3) is 10.1 Å². The number of rotatable bonds is 2. The Morgan fingerprint density at radius 2 is 2.07 bits per heavy atom. The Bertz CT molecular complexity index is 601. The number of aryl methyl sites for hydroxylation is 1. The van der Waals surface area contributed by atoms with Gasteiger partial charge in [0.15, 0.2) is 0 Å². The zero-order valence-corrected chi connectivity index (χ0v) is 9.52. The first kappa shape index (κ1) is 10.6. The maximum absolute atomic E-state index is 11.3. The molecule has 1 heterocycles. The van der Waals surface area contributed by atoms with Gasteiger partial charge in [-0.15, -0.1) is 11.3 Å². The average Bonchev–Trinajstić information content (AvgIpc) is 2.61. The van der Waals surface area contributed by atoms with Crippen LogP contribution in [-0.2, 0) is 10.0 Å². The molecule has 0 aliphatic rings. The fourth-order valence-corrected chi connectivity index (χ4v) is 3.28. The molecule has 0 radical (unpaired) electrons. The van der Waals surface area contributed by atoms with Gasteiger partial charge in [-0.25, -0.2) is 8.42 Å². The third-order valence-electron chi connectivity index (χ3n) is 2.03. The van der Waals surface area contributed by atoms with Gasteiger partial charge in [-0.2, -0.15) is 0 Å². The van der Waals surface area contributed by atoms with Crippen LogP contribution in [0.3, 0.4) is 0 Å². The summed E-state index contributed by atoms with van der Waals surface area (Å²) in [6, 6.07) is 7.24. The van der Waals surface area contributed by atoms with Crippen molar-refractivity contribution in [1.29, 1.82) is 0 Å². The van der Waals surface area contributed by atoms with E-state index in [2.05, 4.69) is 0 Å². The monoisotopic (exact) mass is 243 g/mol. The molecule has 1 aromatic heterocycles. The minimum Gasteiger partial charge on any atom is -0.302 e. The third-order valence-corrected chi connectivity index (χ3v) is 4.74. The van der Waals surface area contributed by atoms with Crippen molar-refractivity contribution in [3.05, 3.63) is 29.8 Å². The van der Waals surface area contributed by atoms with Gasteiger partial charge < -0.3 is 5.21 Å². The van der Waals surface area contributed by atoms with Crippen LogP contribution in [0.2, 0.25) is 0 Å². The highest BCUT2D eigenvalue weighted by atomic mass is 32.2. The molecule has 4 nitrogen and oxygen atoms in total. The summed E-state index contributed by atoms with van der Waals surface area (Å²) in [4.78, 5) is 1.32. The first-order valence-corrected chi connectivity index (χ1v) is 6.49. The molecule has 0 fully saturated rings. The topological polar surface area (TPSA) is 66.4 Å². The van der Waals surface area contributed by atoms with Crippen LogP contribution in [0.1, 0.15) is 5.56 Å². The fourth-order valence-electron chi connectivity index (χ4n) is 1.32. The van der Waals surface area contributed by atoms with Gasteiger partial charge in [0.1, 0.15) is 4.21 Å². The Kier molecular flexibility index (Phi) is 2.51. The summed E-state index contributed by atoms with van der Waals surface area (Å²) in [6.45, 7) is 1.94. The molecule has 0 amide bonds. The first-order valence-electron chi connectivity index (χ1n) is 4.19. The van der Waals surface area contributed by atoms with Gasteiger partial charge in [-0.05, 0) is 24.4 Å². The summed E-state index contributed by atoms with van der Waals surface area (Å²) >= 11 is 1.13. The van der Waals surface area contributed by atoms with Gasteiger partial charge in [0.25, 0.3) is 10.0 Å². The lowest BCUT2D eigenvalue weighted by molar-refractivity contribution is 0.243. The second-order valence-electron chi connectivity index (χ2n) is 3.20. The number of nitrogens with one attached hydrogen (secondary N) is 1. The minimum atomic E-state index is -3.75. The van der Waals surface area contributed by atoms with Crippen LogP contribution in [-0.4, -0.2) is 13.6 Å². The van der Waals surface area contributed by atoms with E-state index in [1.807, 2.05) is 25.1 Å². The van der Waals surface area contributed by atoms with Crippen molar-refractivity contribution in [3.63, 3.8) is 0 Å². The Morgan fingerprint density at radius 1 is 1.33 bits per heavy atom. The predicted octanol–water partition coefficient (Wildman–Crippen LogP) is 1.88. The highest BCUT2D eigenvalue weighted by Crippen LogP contribution is 2.29. The van der Waals surface area contributed by atoms with E-state index in [-0.39, 0.29) is 4.21 Å². The van der Waals surface area contributed by atoms with Crippen LogP contribution in [0.5, 0.6) is 0 Å². The van der Waals surface area contributed by atoms with E-state index in [1.165, 1.54) is 4.89 Å². The van der Waals surface area contributed by atoms with Crippen LogP contribution in [0, 0.1) is 6.92 Å². The Morgan fingerprint density at radius 3 is 2.73 bits per heavy atom. The second-order valence-corrected chi connectivity index (χ2v) is 6.17. The number of thiophene rings is 1. The molecule has 0 aliphatic carbocycles. The lowest BCUT2D eigenvalue weighted by Gasteiger charge is -1.93. The second kappa shape index (κ2) is 3.57. The van der Waals surface area contributed by atoms with Gasteiger partial charge in [-0.1, -0.05) is 22.6 Å². The summed E-state index contributed by atoms with van der Waals surface area (Å²) in [5.41, 5.74) is 1.07. The molecule has 0 spiro atoms. The largest absolute Gasteiger partial charge is 0.302 e. The molecule has 6 heteroatoms. The number of hydrogen-bond acceptors (Lipinski definition) is 4. The molecule has 0 unspecified atom stereocenters. The molecular weight excluding hydrogens is 234 g/mol. The number of hydrogen-bond donors (Lipinski definition) is 2. The predicted molar refractivity (Wildman–Crippen MR) is 58.7 cm³/mol. The smallest absolute Gasteiger partial charge is 0.271 e. The molecule has 0 atom stereocenters. The van der Waals surface area contributed by atoms with E-state index >= 15 is 0 Å². The summed E-state index contributed by atoms with van der Waals surface area (Å²) in [7, 11) is -3.75. The number of fused-ring (bicyclic) bond motifs is 1. The van der Waals surface area contributed by atoms with E-state index in [0.29, 0.717) is 0 Å². The highest BCUT2D eigenvalue weighted by molar-refractivity contribution is 7.91. The van der Waals surface area contributed by atoms with Crippen LogP contribution >= 0.6 is 11.3 Å². The minimum absolute atomic E-state index is 0.116. The zero-order valence-electron chi connectivity index (χ0n) is 7.89. The number of sulfonamides is 1. The SMILES string of the molecule is Cc1ccc2sc(S(=O)(=O)NO)cc2c1. The van der Waals surface area contributed by atoms with E-state index in [1.54, 1.807) is 6.07 Å². The van der Waals surface area contributed by atoms with Gasteiger partial charge in [0.05, 0.1) is 0 Å². The lowest BCUT2D eigenvalue weighted by Crippen LogP contribution is -2.17. The van der Waals surface area contributed by atoms with Crippen LogP contribution in [0.4, 0.5) is 0 Å². The molecule has 2 rings (SSSR count). The Hall–Kier alpha value is -0.950. The molecule has 0 aliphatic heterocycles. The maximum atomic E-state index is 11.3. The standard InChI is InChI=1S/C9H9NO3S2/c1-6-2-3-8-7(4-6)5-9(14-8)15(12,13)10-11/h2-5,10-11H,1H3. The molecule has 0 bridgehead atoms. The van der Waals surface area contributed by atoms with Crippen molar-refractivity contribution in [2.75, 3.05) is 0 Å². The average molecular weight is 243 g/mol. The Balaban J connectivity index is 2.67. The van der Waals surface area contributed by atoms with Crippen molar-refractivity contribution in [1.82, 2.24) is 4.89 Å². The highest BCUT2D eigenvalue weighted by Gasteiger charge is 2.15. The van der Waals surface area contributed by atoms with Gasteiger partial charge in [0.2, 0.25) is 0 Å². The van der Waals surface area contributed by atoms with E-state index in [4.69, 9.17) is 5.21 Å².